The van der Waals surface area contributed by atoms with Crippen LogP contribution in [0.4, 0.5) is 17.1 Å². The first-order chi connectivity index (χ1) is 36.2. The van der Waals surface area contributed by atoms with E-state index in [2.05, 4.69) is 292 Å². The molecule has 0 saturated heterocycles. The Morgan fingerprint density at radius 3 is 1.14 bits per heavy atom. The summed E-state index contributed by atoms with van der Waals surface area (Å²) in [6, 6.07) is 94.4. The average molecular weight is 947 g/mol. The Balaban J connectivity index is 0.726. The minimum atomic E-state index is -0.105. The van der Waals surface area contributed by atoms with E-state index in [0.717, 1.165) is 17.1 Å². The number of rotatable bonds is 8. The number of hydrogen-bond donors (Lipinski definition) is 0. The summed E-state index contributed by atoms with van der Waals surface area (Å²) >= 11 is 0. The molecule has 0 amide bonds. The van der Waals surface area contributed by atoms with Crippen molar-refractivity contribution in [3.8, 4) is 72.4 Å². The summed E-state index contributed by atoms with van der Waals surface area (Å²) in [7, 11) is 0. The third-order valence-electron chi connectivity index (χ3n) is 16.5. The predicted octanol–water partition coefficient (Wildman–Crippen LogP) is 19.5. The number of benzene rings is 11. The third kappa shape index (κ3) is 6.93. The summed E-state index contributed by atoms with van der Waals surface area (Å²) < 4.78 is 2.37. The van der Waals surface area contributed by atoms with Crippen LogP contribution in [-0.4, -0.2) is 4.57 Å². The molecule has 0 fully saturated rings. The molecule has 0 spiro atoms. The Kier molecular flexibility index (Phi) is 9.94. The maximum atomic E-state index is 2.45. The quantitative estimate of drug-likeness (QED) is 0.147. The lowest BCUT2D eigenvalue weighted by molar-refractivity contribution is 0.660. The number of anilines is 3. The third-order valence-corrected chi connectivity index (χ3v) is 16.5. The second-order valence-corrected chi connectivity index (χ2v) is 21.3. The summed E-state index contributed by atoms with van der Waals surface area (Å²) in [5.41, 5.74) is 27.3. The van der Waals surface area contributed by atoms with Crippen molar-refractivity contribution in [3.05, 3.63) is 277 Å². The number of para-hydroxylation sites is 2. The Morgan fingerprint density at radius 1 is 0.270 bits per heavy atom. The molecule has 74 heavy (non-hydrogen) atoms. The molecule has 0 saturated carbocycles. The standard InChI is InChI=1S/C72H54N2/c1-71(2)65-19-11-8-16-59(65)61-41-39-57(45-67(61)71)73(58-40-42-62-60-17-9-12-20-66(60)72(3,4)68(62)46-58)56-37-34-52(35-38-56)51-28-26-48(27-29-51)47-22-24-49(25-23-47)50-30-32-53(33-31-50)54-36-43-70-64(44-54)63-18-10-13-21-69(63)74(70)55-14-6-5-7-15-55/h5-46H,1-4H3. The first kappa shape index (κ1) is 43.8. The van der Waals surface area contributed by atoms with Crippen LogP contribution in [0, 0.1) is 0 Å². The zero-order valence-corrected chi connectivity index (χ0v) is 42.1. The molecule has 0 N–H and O–H groups in total. The molecule has 0 bridgehead atoms. The van der Waals surface area contributed by atoms with Crippen molar-refractivity contribution in [2.75, 3.05) is 4.90 Å². The van der Waals surface area contributed by atoms with E-state index in [9.17, 15) is 0 Å². The largest absolute Gasteiger partial charge is 0.310 e. The summed E-state index contributed by atoms with van der Waals surface area (Å²) in [5, 5.41) is 2.53. The highest BCUT2D eigenvalue weighted by molar-refractivity contribution is 6.10. The number of fused-ring (bicyclic) bond motifs is 9. The summed E-state index contributed by atoms with van der Waals surface area (Å²) in [6.45, 7) is 9.46. The minimum absolute atomic E-state index is 0.105. The summed E-state index contributed by atoms with van der Waals surface area (Å²) in [4.78, 5) is 2.45. The number of hydrogen-bond acceptors (Lipinski definition) is 1. The SMILES string of the molecule is CC1(C)c2ccccc2-c2ccc(N(c3ccc(-c4ccc(-c5ccc(-c6ccc(-c7ccc8c(c7)c7ccccc7n8-c7ccccc7)cc6)cc5)cc4)cc3)c3ccc4c(c3)C(C)(C)c3ccccc3-4)cc21. The fraction of sp³-hybridized carbons (Fsp3) is 0.0833. The van der Waals surface area contributed by atoms with Crippen LogP contribution in [0.15, 0.2) is 255 Å². The lowest BCUT2D eigenvalue weighted by atomic mass is 9.82. The van der Waals surface area contributed by atoms with Crippen molar-refractivity contribution in [1.82, 2.24) is 4.57 Å². The van der Waals surface area contributed by atoms with Crippen molar-refractivity contribution < 1.29 is 0 Å². The van der Waals surface area contributed by atoms with Gasteiger partial charge in [-0.2, -0.15) is 0 Å². The first-order valence-electron chi connectivity index (χ1n) is 26.0. The van der Waals surface area contributed by atoms with Gasteiger partial charge in [0.2, 0.25) is 0 Å². The van der Waals surface area contributed by atoms with Crippen molar-refractivity contribution in [2.24, 2.45) is 0 Å². The van der Waals surface area contributed by atoms with Gasteiger partial charge in [-0.05, 0) is 156 Å². The molecule has 1 heterocycles. The fourth-order valence-electron chi connectivity index (χ4n) is 12.5. The minimum Gasteiger partial charge on any atom is -0.310 e. The highest BCUT2D eigenvalue weighted by Crippen LogP contribution is 2.53. The maximum Gasteiger partial charge on any atom is 0.0541 e. The van der Waals surface area contributed by atoms with E-state index in [1.807, 2.05) is 0 Å². The van der Waals surface area contributed by atoms with Gasteiger partial charge in [0.15, 0.2) is 0 Å². The highest BCUT2D eigenvalue weighted by Gasteiger charge is 2.37. The van der Waals surface area contributed by atoms with Crippen LogP contribution in [0.2, 0.25) is 0 Å². The first-order valence-corrected chi connectivity index (χ1v) is 26.0. The Hall–Kier alpha value is -8.98. The molecule has 0 radical (unpaired) electrons. The fourth-order valence-corrected chi connectivity index (χ4v) is 12.5. The van der Waals surface area contributed by atoms with E-state index < -0.39 is 0 Å². The molecule has 0 aliphatic heterocycles. The molecule has 2 heteroatoms. The van der Waals surface area contributed by atoms with Gasteiger partial charge in [0.25, 0.3) is 0 Å². The van der Waals surface area contributed by atoms with Crippen LogP contribution in [-0.2, 0) is 10.8 Å². The monoisotopic (exact) mass is 946 g/mol. The molecule has 2 aliphatic rings. The van der Waals surface area contributed by atoms with Crippen LogP contribution < -0.4 is 4.90 Å². The normalized spacial score (nSPS) is 13.6. The highest BCUT2D eigenvalue weighted by atomic mass is 15.1. The molecular formula is C72H54N2. The molecule has 2 aliphatic carbocycles. The van der Waals surface area contributed by atoms with Gasteiger partial charge in [-0.25, -0.2) is 0 Å². The van der Waals surface area contributed by atoms with Crippen molar-refractivity contribution in [3.63, 3.8) is 0 Å². The van der Waals surface area contributed by atoms with Crippen LogP contribution in [0.25, 0.3) is 94.3 Å². The Bertz CT molecular complexity index is 4030. The van der Waals surface area contributed by atoms with Crippen molar-refractivity contribution in [2.45, 2.75) is 38.5 Å². The maximum absolute atomic E-state index is 2.45. The zero-order valence-electron chi connectivity index (χ0n) is 42.1. The van der Waals surface area contributed by atoms with Gasteiger partial charge in [0.1, 0.15) is 0 Å². The van der Waals surface area contributed by atoms with Gasteiger partial charge in [-0.15, -0.1) is 0 Å². The lowest BCUT2D eigenvalue weighted by Crippen LogP contribution is -2.18. The van der Waals surface area contributed by atoms with Gasteiger partial charge in [-0.3, -0.25) is 0 Å². The van der Waals surface area contributed by atoms with Crippen LogP contribution in [0.3, 0.4) is 0 Å². The molecule has 14 rings (SSSR count). The molecule has 0 unspecified atom stereocenters. The molecule has 2 nitrogen and oxygen atoms in total. The lowest BCUT2D eigenvalue weighted by Gasteiger charge is -2.30. The molecule has 11 aromatic carbocycles. The topological polar surface area (TPSA) is 8.17 Å². The van der Waals surface area contributed by atoms with E-state index in [1.54, 1.807) is 0 Å². The molecule has 352 valence electrons. The van der Waals surface area contributed by atoms with Crippen LogP contribution in [0.5, 0.6) is 0 Å². The van der Waals surface area contributed by atoms with E-state index in [0.29, 0.717) is 0 Å². The van der Waals surface area contributed by atoms with Crippen molar-refractivity contribution >= 4 is 38.9 Å². The van der Waals surface area contributed by atoms with Gasteiger partial charge in [0, 0.05) is 44.4 Å². The average Bonchev–Trinajstić information content (AvgIpc) is 4.00. The smallest absolute Gasteiger partial charge is 0.0541 e. The Morgan fingerprint density at radius 2 is 0.635 bits per heavy atom. The van der Waals surface area contributed by atoms with Crippen molar-refractivity contribution in [1.29, 1.82) is 0 Å². The van der Waals surface area contributed by atoms with E-state index in [4.69, 9.17) is 0 Å². The zero-order chi connectivity index (χ0) is 49.7. The van der Waals surface area contributed by atoms with Gasteiger partial charge < -0.3 is 9.47 Å². The molecule has 1 aromatic heterocycles. The second-order valence-electron chi connectivity index (χ2n) is 21.3. The molecular weight excluding hydrogens is 893 g/mol. The van der Waals surface area contributed by atoms with Gasteiger partial charge >= 0.3 is 0 Å². The van der Waals surface area contributed by atoms with E-state index in [1.165, 1.54) is 117 Å². The van der Waals surface area contributed by atoms with Crippen LogP contribution >= 0.6 is 0 Å². The number of aromatic nitrogens is 1. The number of nitrogens with zero attached hydrogens (tertiary/aromatic N) is 2. The van der Waals surface area contributed by atoms with E-state index >= 15 is 0 Å². The predicted molar refractivity (Wildman–Crippen MR) is 312 cm³/mol. The van der Waals surface area contributed by atoms with Crippen LogP contribution in [0.1, 0.15) is 49.9 Å². The second kappa shape index (κ2) is 16.8. The molecule has 12 aromatic rings. The Labute approximate surface area is 434 Å². The molecule has 0 atom stereocenters. The summed E-state index contributed by atoms with van der Waals surface area (Å²) in [5.74, 6) is 0. The summed E-state index contributed by atoms with van der Waals surface area (Å²) in [6.07, 6.45) is 0. The van der Waals surface area contributed by atoms with Gasteiger partial charge in [-0.1, -0.05) is 216 Å². The van der Waals surface area contributed by atoms with Gasteiger partial charge in [0.05, 0.1) is 11.0 Å². The van der Waals surface area contributed by atoms with E-state index in [-0.39, 0.29) is 10.8 Å².